The van der Waals surface area contributed by atoms with Crippen LogP contribution in [0.2, 0.25) is 0 Å². The van der Waals surface area contributed by atoms with E-state index < -0.39 is 5.82 Å². The smallest absolute Gasteiger partial charge is 0.166 e. The third-order valence-electron chi connectivity index (χ3n) is 5.23. The lowest BCUT2D eigenvalue weighted by Gasteiger charge is -2.34. The Labute approximate surface area is 176 Å². The van der Waals surface area contributed by atoms with E-state index in [0.717, 1.165) is 57.5 Å². The molecule has 2 aromatic carbocycles. The first kappa shape index (κ1) is 21.8. The van der Waals surface area contributed by atoms with Gasteiger partial charge in [0.15, 0.2) is 5.78 Å². The Bertz CT molecular complexity index is 780. The summed E-state index contributed by atoms with van der Waals surface area (Å²) in [5, 5.41) is 9.71. The lowest BCUT2D eigenvalue weighted by molar-refractivity contribution is 0.0959. The molecule has 3 rings (SSSR count). The number of Topliss-reactive ketones (excluding diaryl/α,β-unsaturated/α-hetero) is 1. The Kier molecular flexibility index (Phi) is 8.52. The van der Waals surface area contributed by atoms with Gasteiger partial charge < -0.3 is 14.9 Å². The van der Waals surface area contributed by atoms with Crippen LogP contribution in [0.5, 0.6) is 5.75 Å². The van der Waals surface area contributed by atoms with Crippen molar-refractivity contribution < 1.29 is 14.3 Å². The van der Waals surface area contributed by atoms with Crippen molar-refractivity contribution in [2.75, 3.05) is 45.0 Å². The highest BCUT2D eigenvalue weighted by Crippen LogP contribution is 2.21. The zero-order valence-corrected chi connectivity index (χ0v) is 17.5. The van der Waals surface area contributed by atoms with Crippen LogP contribution in [0, 0.1) is 5.82 Å². The van der Waals surface area contributed by atoms with Crippen LogP contribution in [-0.2, 0) is 0 Å². The van der Waals surface area contributed by atoms with Crippen molar-refractivity contribution in [3.05, 3.63) is 59.9 Å². The van der Waals surface area contributed by atoms with Crippen molar-refractivity contribution in [2.24, 2.45) is 0 Å². The van der Waals surface area contributed by atoms with Crippen LogP contribution in [0.15, 0.2) is 53.4 Å². The minimum Gasteiger partial charge on any atom is -0.507 e. The fourth-order valence-electron chi connectivity index (χ4n) is 3.57. The second kappa shape index (κ2) is 11.3. The van der Waals surface area contributed by atoms with Crippen LogP contribution >= 0.6 is 11.8 Å². The van der Waals surface area contributed by atoms with Gasteiger partial charge in [0.2, 0.25) is 0 Å². The second-order valence-electron chi connectivity index (χ2n) is 7.39. The lowest BCUT2D eigenvalue weighted by Crippen LogP contribution is -2.46. The van der Waals surface area contributed by atoms with Crippen molar-refractivity contribution in [1.82, 2.24) is 9.80 Å². The molecule has 1 aliphatic heterocycles. The summed E-state index contributed by atoms with van der Waals surface area (Å²) in [6.07, 6.45) is 2.31. The molecule has 1 fully saturated rings. The van der Waals surface area contributed by atoms with Crippen LogP contribution in [0.1, 0.15) is 29.6 Å². The number of thioether (sulfide) groups is 1. The normalized spacial score (nSPS) is 15.5. The number of halogens is 1. The third-order valence-corrected chi connectivity index (χ3v) is 6.33. The van der Waals surface area contributed by atoms with Crippen LogP contribution in [0.4, 0.5) is 4.39 Å². The summed E-state index contributed by atoms with van der Waals surface area (Å²) in [5.74, 6) is 0.212. The number of carbonyl (C=O) groups is 1. The summed E-state index contributed by atoms with van der Waals surface area (Å²) in [6, 6.07) is 14.1. The van der Waals surface area contributed by atoms with E-state index in [1.165, 1.54) is 23.4 Å². The Morgan fingerprint density at radius 2 is 1.62 bits per heavy atom. The molecule has 0 amide bonds. The van der Waals surface area contributed by atoms with E-state index in [0.29, 0.717) is 6.42 Å². The van der Waals surface area contributed by atoms with E-state index >= 15 is 0 Å². The highest BCUT2D eigenvalue weighted by molar-refractivity contribution is 7.99. The average molecular weight is 417 g/mol. The van der Waals surface area contributed by atoms with E-state index in [4.69, 9.17) is 0 Å². The molecule has 29 heavy (non-hydrogen) atoms. The molecule has 0 unspecified atom stereocenters. The van der Waals surface area contributed by atoms with Gasteiger partial charge in [-0.2, -0.15) is 0 Å². The minimum atomic E-state index is -0.532. The van der Waals surface area contributed by atoms with E-state index in [1.54, 1.807) is 0 Å². The Morgan fingerprint density at radius 1 is 0.966 bits per heavy atom. The SMILES string of the molecule is O=C(CCCN1CCN(CCCSc2ccccc2)CC1)c1ccc(F)cc1O. The zero-order valence-electron chi connectivity index (χ0n) is 16.7. The number of hydrogen-bond acceptors (Lipinski definition) is 5. The van der Waals surface area contributed by atoms with E-state index in [2.05, 4.69) is 34.1 Å². The van der Waals surface area contributed by atoms with Gasteiger partial charge in [0.25, 0.3) is 0 Å². The molecule has 1 N–H and O–H groups in total. The maximum Gasteiger partial charge on any atom is 0.166 e. The molecule has 0 radical (unpaired) electrons. The number of piperazine rings is 1. The number of nitrogens with zero attached hydrogens (tertiary/aromatic N) is 2. The monoisotopic (exact) mass is 416 g/mol. The standard InChI is InChI=1S/C23H29FN2O2S/c24-19-9-10-21(23(28)18-19)22(27)8-4-11-25-13-15-26(16-14-25)12-5-17-29-20-6-2-1-3-7-20/h1-3,6-7,9-10,18,28H,4-5,8,11-17H2. The van der Waals surface area contributed by atoms with Gasteiger partial charge in [0.1, 0.15) is 11.6 Å². The lowest BCUT2D eigenvalue weighted by atomic mass is 10.1. The first-order chi connectivity index (χ1) is 14.1. The predicted molar refractivity (Wildman–Crippen MR) is 116 cm³/mol. The number of ketones is 1. The number of rotatable bonds is 10. The molecular formula is C23H29FN2O2S. The molecule has 0 aliphatic carbocycles. The number of carbonyl (C=O) groups excluding carboxylic acids is 1. The molecule has 0 saturated carbocycles. The molecule has 0 aromatic heterocycles. The van der Waals surface area contributed by atoms with Crippen LogP contribution in [0.3, 0.4) is 0 Å². The predicted octanol–water partition coefficient (Wildman–Crippen LogP) is 4.29. The van der Waals surface area contributed by atoms with Crippen molar-refractivity contribution in [3.8, 4) is 5.75 Å². The van der Waals surface area contributed by atoms with Crippen LogP contribution in [0.25, 0.3) is 0 Å². The van der Waals surface area contributed by atoms with Crippen molar-refractivity contribution >= 4 is 17.5 Å². The average Bonchev–Trinajstić information content (AvgIpc) is 2.73. The van der Waals surface area contributed by atoms with Gasteiger partial charge in [-0.1, -0.05) is 18.2 Å². The third kappa shape index (κ3) is 7.14. The number of phenolic OH excluding ortho intramolecular Hbond substituents is 1. The highest BCUT2D eigenvalue weighted by atomic mass is 32.2. The summed E-state index contributed by atoms with van der Waals surface area (Å²) in [6.45, 7) is 6.22. The molecule has 6 heteroatoms. The summed E-state index contributed by atoms with van der Waals surface area (Å²) in [5.41, 5.74) is 0.213. The van der Waals surface area contributed by atoms with Gasteiger partial charge in [-0.3, -0.25) is 4.79 Å². The Morgan fingerprint density at radius 3 is 2.28 bits per heavy atom. The molecule has 1 saturated heterocycles. The number of benzene rings is 2. The summed E-state index contributed by atoms with van der Waals surface area (Å²) >= 11 is 1.92. The van der Waals surface area contributed by atoms with Crippen molar-refractivity contribution in [3.63, 3.8) is 0 Å². The van der Waals surface area contributed by atoms with E-state index in [-0.39, 0.29) is 17.1 Å². The fourth-order valence-corrected chi connectivity index (χ4v) is 4.43. The fraction of sp³-hybridized carbons (Fsp3) is 0.435. The van der Waals surface area contributed by atoms with Gasteiger partial charge in [0.05, 0.1) is 5.56 Å². The van der Waals surface area contributed by atoms with Gasteiger partial charge in [0, 0.05) is 43.6 Å². The topological polar surface area (TPSA) is 43.8 Å². The molecule has 1 aliphatic rings. The molecule has 1 heterocycles. The van der Waals surface area contributed by atoms with Gasteiger partial charge in [-0.15, -0.1) is 11.8 Å². The van der Waals surface area contributed by atoms with E-state index in [9.17, 15) is 14.3 Å². The first-order valence-corrected chi connectivity index (χ1v) is 11.2. The van der Waals surface area contributed by atoms with E-state index in [1.807, 2.05) is 17.8 Å². The summed E-state index contributed by atoms with van der Waals surface area (Å²) < 4.78 is 13.0. The molecule has 0 spiro atoms. The zero-order chi connectivity index (χ0) is 20.5. The van der Waals surface area contributed by atoms with Crippen molar-refractivity contribution in [2.45, 2.75) is 24.2 Å². The second-order valence-corrected chi connectivity index (χ2v) is 8.55. The Balaban J connectivity index is 1.27. The molecule has 0 atom stereocenters. The quantitative estimate of drug-likeness (QED) is 0.356. The molecule has 156 valence electrons. The maximum absolute atomic E-state index is 13.0. The molecule has 2 aromatic rings. The summed E-state index contributed by atoms with van der Waals surface area (Å²) in [4.78, 5) is 18.5. The minimum absolute atomic E-state index is 0.128. The summed E-state index contributed by atoms with van der Waals surface area (Å²) in [7, 11) is 0. The number of aromatic hydroxyl groups is 1. The maximum atomic E-state index is 13.0. The Hall–Kier alpha value is -1.89. The highest BCUT2D eigenvalue weighted by Gasteiger charge is 2.17. The van der Waals surface area contributed by atoms with Gasteiger partial charge in [-0.05, 0) is 55.9 Å². The van der Waals surface area contributed by atoms with Gasteiger partial charge >= 0.3 is 0 Å². The van der Waals surface area contributed by atoms with Crippen LogP contribution < -0.4 is 0 Å². The molecular weight excluding hydrogens is 387 g/mol. The number of hydrogen-bond donors (Lipinski definition) is 1. The first-order valence-electron chi connectivity index (χ1n) is 10.3. The molecule has 4 nitrogen and oxygen atoms in total. The van der Waals surface area contributed by atoms with Crippen LogP contribution in [-0.4, -0.2) is 65.7 Å². The molecule has 0 bridgehead atoms. The van der Waals surface area contributed by atoms with Gasteiger partial charge in [-0.25, -0.2) is 4.39 Å². The van der Waals surface area contributed by atoms with Crippen molar-refractivity contribution in [1.29, 1.82) is 0 Å². The largest absolute Gasteiger partial charge is 0.507 e. The number of phenols is 1.